The Kier molecular flexibility index (Phi) is 3.24. The molecule has 92 valence electrons. The van der Waals surface area contributed by atoms with E-state index in [0.29, 0.717) is 11.3 Å². The average Bonchev–Trinajstić information content (AvgIpc) is 2.74. The van der Waals surface area contributed by atoms with E-state index in [1.54, 1.807) is 18.4 Å². The number of nitriles is 1. The molecule has 0 radical (unpaired) electrons. The van der Waals surface area contributed by atoms with Crippen LogP contribution in [-0.4, -0.2) is 7.05 Å². The van der Waals surface area contributed by atoms with E-state index in [2.05, 4.69) is 6.07 Å². The third-order valence-electron chi connectivity index (χ3n) is 2.94. The van der Waals surface area contributed by atoms with Gasteiger partial charge in [-0.25, -0.2) is 0 Å². The fraction of sp³-hybridized carbons (Fsp3) is 0.214. The zero-order valence-electron chi connectivity index (χ0n) is 10.5. The number of nitrogens with zero attached hydrogens (tertiary/aromatic N) is 2. The number of benzene rings is 1. The molecular weight excluding hydrogens is 226 g/mol. The summed E-state index contributed by atoms with van der Waals surface area (Å²) in [6, 6.07) is 9.35. The van der Waals surface area contributed by atoms with Crippen molar-refractivity contribution in [2.24, 2.45) is 0 Å². The minimum absolute atomic E-state index is 0.573. The third kappa shape index (κ3) is 2.30. The normalized spacial score (nSPS) is 10.1. The molecule has 1 aromatic heterocycles. The van der Waals surface area contributed by atoms with Crippen molar-refractivity contribution in [3.8, 4) is 6.07 Å². The van der Waals surface area contributed by atoms with Crippen molar-refractivity contribution in [1.82, 2.24) is 0 Å². The molecule has 0 atom stereocenters. The van der Waals surface area contributed by atoms with E-state index in [4.69, 9.17) is 15.4 Å². The molecule has 0 unspecified atom stereocenters. The Labute approximate surface area is 106 Å². The van der Waals surface area contributed by atoms with Crippen LogP contribution in [0.15, 0.2) is 34.9 Å². The molecule has 2 N–H and O–H groups in total. The van der Waals surface area contributed by atoms with Gasteiger partial charge in [-0.05, 0) is 31.2 Å². The molecule has 0 aliphatic rings. The zero-order chi connectivity index (χ0) is 13.1. The Balaban J connectivity index is 2.22. The first-order valence-electron chi connectivity index (χ1n) is 5.65. The molecule has 0 amide bonds. The minimum atomic E-state index is 0.573. The molecule has 0 bridgehead atoms. The maximum absolute atomic E-state index is 8.80. The molecule has 18 heavy (non-hydrogen) atoms. The van der Waals surface area contributed by atoms with Gasteiger partial charge in [0.2, 0.25) is 0 Å². The number of hydrogen-bond acceptors (Lipinski definition) is 4. The van der Waals surface area contributed by atoms with Crippen molar-refractivity contribution < 1.29 is 4.42 Å². The number of hydrogen-bond donors (Lipinski definition) is 1. The average molecular weight is 241 g/mol. The van der Waals surface area contributed by atoms with Gasteiger partial charge in [0.05, 0.1) is 29.3 Å². The molecule has 0 spiro atoms. The molecule has 0 saturated heterocycles. The highest BCUT2D eigenvalue weighted by molar-refractivity contribution is 5.69. The first-order chi connectivity index (χ1) is 8.61. The number of nitrogen functional groups attached to an aromatic ring is 1. The van der Waals surface area contributed by atoms with Crippen LogP contribution < -0.4 is 10.6 Å². The highest BCUT2D eigenvalue weighted by atomic mass is 16.3. The van der Waals surface area contributed by atoms with Gasteiger partial charge in [0.25, 0.3) is 0 Å². The summed E-state index contributed by atoms with van der Waals surface area (Å²) in [5, 5.41) is 8.80. The lowest BCUT2D eigenvalue weighted by atomic mass is 10.1. The summed E-state index contributed by atoms with van der Waals surface area (Å²) in [6.45, 7) is 2.66. The Hall–Kier alpha value is -2.41. The molecule has 0 saturated carbocycles. The summed E-state index contributed by atoms with van der Waals surface area (Å²) < 4.78 is 5.27. The molecule has 1 heterocycles. The van der Waals surface area contributed by atoms with Crippen LogP contribution in [0.1, 0.15) is 16.9 Å². The van der Waals surface area contributed by atoms with Crippen LogP contribution in [0.4, 0.5) is 11.4 Å². The van der Waals surface area contributed by atoms with Crippen LogP contribution in [0, 0.1) is 18.3 Å². The lowest BCUT2D eigenvalue weighted by molar-refractivity contribution is 0.529. The predicted molar refractivity (Wildman–Crippen MR) is 71.1 cm³/mol. The fourth-order valence-electron chi connectivity index (χ4n) is 1.89. The van der Waals surface area contributed by atoms with E-state index in [1.807, 2.05) is 31.0 Å². The van der Waals surface area contributed by atoms with Gasteiger partial charge in [-0.15, -0.1) is 0 Å². The van der Waals surface area contributed by atoms with Crippen LogP contribution in [0.25, 0.3) is 0 Å². The smallest absolute Gasteiger partial charge is 0.105 e. The Morgan fingerprint density at radius 3 is 2.72 bits per heavy atom. The van der Waals surface area contributed by atoms with Crippen molar-refractivity contribution in [1.29, 1.82) is 5.26 Å². The Morgan fingerprint density at radius 1 is 1.39 bits per heavy atom. The lowest BCUT2D eigenvalue weighted by Crippen LogP contribution is -2.18. The number of rotatable bonds is 3. The van der Waals surface area contributed by atoms with Crippen molar-refractivity contribution in [3.05, 3.63) is 47.4 Å². The molecule has 4 heteroatoms. The van der Waals surface area contributed by atoms with E-state index in [9.17, 15) is 0 Å². The SMILES string of the molecule is Cc1occc1CN(C)c1ccc(C#N)cc1N. The highest BCUT2D eigenvalue weighted by Gasteiger charge is 2.09. The van der Waals surface area contributed by atoms with E-state index < -0.39 is 0 Å². The van der Waals surface area contributed by atoms with E-state index in [1.165, 1.54) is 0 Å². The van der Waals surface area contributed by atoms with Crippen molar-refractivity contribution in [2.75, 3.05) is 17.7 Å². The summed E-state index contributed by atoms with van der Waals surface area (Å²) >= 11 is 0. The van der Waals surface area contributed by atoms with Gasteiger partial charge in [-0.3, -0.25) is 0 Å². The maximum atomic E-state index is 8.80. The zero-order valence-corrected chi connectivity index (χ0v) is 10.5. The highest BCUT2D eigenvalue weighted by Crippen LogP contribution is 2.25. The Bertz CT molecular complexity index is 595. The quantitative estimate of drug-likeness (QED) is 0.839. The topological polar surface area (TPSA) is 66.2 Å². The van der Waals surface area contributed by atoms with Gasteiger partial charge in [0, 0.05) is 19.2 Å². The molecule has 0 aliphatic carbocycles. The standard InChI is InChI=1S/C14H15N3O/c1-10-12(5-6-18-10)9-17(2)14-4-3-11(8-15)7-13(14)16/h3-7H,9,16H2,1-2H3. The summed E-state index contributed by atoms with van der Waals surface area (Å²) in [5.41, 5.74) is 9.17. The van der Waals surface area contributed by atoms with Gasteiger partial charge >= 0.3 is 0 Å². The minimum Gasteiger partial charge on any atom is -0.469 e. The number of anilines is 2. The van der Waals surface area contributed by atoms with Crippen molar-refractivity contribution in [3.63, 3.8) is 0 Å². The van der Waals surface area contributed by atoms with Gasteiger partial charge < -0.3 is 15.1 Å². The van der Waals surface area contributed by atoms with Crippen molar-refractivity contribution >= 4 is 11.4 Å². The number of nitrogens with two attached hydrogens (primary N) is 1. The van der Waals surface area contributed by atoms with Gasteiger partial charge in [0.15, 0.2) is 0 Å². The van der Waals surface area contributed by atoms with Crippen LogP contribution >= 0.6 is 0 Å². The lowest BCUT2D eigenvalue weighted by Gasteiger charge is -2.20. The summed E-state index contributed by atoms with van der Waals surface area (Å²) in [6.07, 6.45) is 1.68. The van der Waals surface area contributed by atoms with Gasteiger partial charge in [0.1, 0.15) is 5.76 Å². The fourth-order valence-corrected chi connectivity index (χ4v) is 1.89. The summed E-state index contributed by atoms with van der Waals surface area (Å²) in [7, 11) is 1.96. The first-order valence-corrected chi connectivity index (χ1v) is 5.65. The second-order valence-electron chi connectivity index (χ2n) is 4.24. The first kappa shape index (κ1) is 12.1. The predicted octanol–water partition coefficient (Wildman–Crippen LogP) is 2.68. The summed E-state index contributed by atoms with van der Waals surface area (Å²) in [4.78, 5) is 2.04. The van der Waals surface area contributed by atoms with Crippen LogP contribution in [0.2, 0.25) is 0 Å². The monoisotopic (exact) mass is 241 g/mol. The maximum Gasteiger partial charge on any atom is 0.105 e. The Morgan fingerprint density at radius 2 is 2.17 bits per heavy atom. The molecule has 2 aromatic rings. The molecular formula is C14H15N3O. The third-order valence-corrected chi connectivity index (χ3v) is 2.94. The second-order valence-corrected chi connectivity index (χ2v) is 4.24. The van der Waals surface area contributed by atoms with E-state index >= 15 is 0 Å². The number of furan rings is 1. The van der Waals surface area contributed by atoms with Crippen molar-refractivity contribution in [2.45, 2.75) is 13.5 Å². The van der Waals surface area contributed by atoms with Gasteiger partial charge in [-0.1, -0.05) is 0 Å². The largest absolute Gasteiger partial charge is 0.469 e. The molecule has 2 rings (SSSR count). The number of aryl methyl sites for hydroxylation is 1. The van der Waals surface area contributed by atoms with Crippen LogP contribution in [0.3, 0.4) is 0 Å². The molecule has 0 fully saturated rings. The molecule has 1 aromatic carbocycles. The van der Waals surface area contributed by atoms with E-state index in [0.717, 1.165) is 23.6 Å². The van der Waals surface area contributed by atoms with Gasteiger partial charge in [-0.2, -0.15) is 5.26 Å². The van der Waals surface area contributed by atoms with Crippen LogP contribution in [0.5, 0.6) is 0 Å². The van der Waals surface area contributed by atoms with E-state index in [-0.39, 0.29) is 0 Å². The summed E-state index contributed by atoms with van der Waals surface area (Å²) in [5.74, 6) is 0.911. The molecule has 4 nitrogen and oxygen atoms in total. The second kappa shape index (κ2) is 4.84. The molecule has 0 aliphatic heterocycles. The van der Waals surface area contributed by atoms with Crippen LogP contribution in [-0.2, 0) is 6.54 Å².